The Labute approximate surface area is 120 Å². The maximum atomic E-state index is 12.3. The van der Waals surface area contributed by atoms with E-state index >= 15 is 0 Å². The molecule has 1 rings (SSSR count). The van der Waals surface area contributed by atoms with E-state index in [1.807, 2.05) is 13.8 Å². The first-order chi connectivity index (χ1) is 8.77. The van der Waals surface area contributed by atoms with E-state index in [0.717, 1.165) is 6.42 Å². The minimum Gasteiger partial charge on any atom is -0.362 e. The summed E-state index contributed by atoms with van der Waals surface area (Å²) in [6.45, 7) is 10.3. The summed E-state index contributed by atoms with van der Waals surface area (Å²) in [7, 11) is 0. The fraction of sp³-hybridized carbons (Fsp3) is 0.714. The Hall–Kier alpha value is -1.03. The third kappa shape index (κ3) is 4.23. The number of aromatic nitrogens is 2. The molecule has 0 aliphatic heterocycles. The van der Waals surface area contributed by atoms with Gasteiger partial charge in [0.2, 0.25) is 0 Å². The molecular formula is C14H24ClN3O. The van der Waals surface area contributed by atoms with Crippen LogP contribution in [-0.2, 0) is 0 Å². The summed E-state index contributed by atoms with van der Waals surface area (Å²) in [5.41, 5.74) is -0.0667. The first-order valence-corrected chi connectivity index (χ1v) is 7.20. The van der Waals surface area contributed by atoms with E-state index in [4.69, 9.17) is 11.6 Å². The fourth-order valence-electron chi connectivity index (χ4n) is 1.93. The van der Waals surface area contributed by atoms with Crippen LogP contribution in [-0.4, -0.2) is 21.5 Å². The van der Waals surface area contributed by atoms with E-state index in [1.54, 1.807) is 17.0 Å². The quantitative estimate of drug-likeness (QED) is 0.845. The van der Waals surface area contributed by atoms with Gasteiger partial charge in [0.05, 0.1) is 0 Å². The summed E-state index contributed by atoms with van der Waals surface area (Å²) in [5, 5.41) is 3.25. The van der Waals surface area contributed by atoms with Crippen LogP contribution in [0.2, 0.25) is 0 Å². The zero-order valence-electron chi connectivity index (χ0n) is 12.4. The van der Waals surface area contributed by atoms with Gasteiger partial charge in [0.1, 0.15) is 0 Å². The summed E-state index contributed by atoms with van der Waals surface area (Å²) in [6, 6.07) is 0.241. The van der Waals surface area contributed by atoms with Crippen molar-refractivity contribution in [3.8, 4) is 0 Å². The molecule has 0 spiro atoms. The summed E-state index contributed by atoms with van der Waals surface area (Å²) in [6.07, 6.45) is 4.17. The number of anilines is 1. The lowest BCUT2D eigenvalue weighted by atomic mass is 9.85. The number of hydrogen-bond donors (Lipinski definition) is 1. The van der Waals surface area contributed by atoms with Crippen LogP contribution in [0.25, 0.3) is 0 Å². The lowest BCUT2D eigenvalue weighted by Gasteiger charge is -2.31. The molecule has 0 bridgehead atoms. The molecule has 0 amide bonds. The molecule has 108 valence electrons. The van der Waals surface area contributed by atoms with Crippen molar-refractivity contribution in [3.05, 3.63) is 22.7 Å². The standard InChI is InChI=1S/C14H24ClN3O/c1-10(2)18-9-8-16-12(13(18)19)17-11(6-7-15)14(3,4)5/h8-11H,6-7H2,1-5H3,(H,16,17). The van der Waals surface area contributed by atoms with Gasteiger partial charge >= 0.3 is 0 Å². The largest absolute Gasteiger partial charge is 0.362 e. The van der Waals surface area contributed by atoms with E-state index < -0.39 is 0 Å². The minimum absolute atomic E-state index is 0.0154. The van der Waals surface area contributed by atoms with Gasteiger partial charge in [-0.05, 0) is 25.7 Å². The third-order valence-electron chi connectivity index (χ3n) is 3.18. The molecule has 1 atom stereocenters. The van der Waals surface area contributed by atoms with Crippen LogP contribution in [0.4, 0.5) is 5.82 Å². The van der Waals surface area contributed by atoms with Crippen molar-refractivity contribution in [3.63, 3.8) is 0 Å². The molecule has 19 heavy (non-hydrogen) atoms. The molecule has 0 saturated carbocycles. The number of halogens is 1. The molecule has 0 aliphatic carbocycles. The first kappa shape index (κ1) is 16.0. The molecule has 1 unspecified atom stereocenters. The normalized spacial score (nSPS) is 13.6. The van der Waals surface area contributed by atoms with Crippen LogP contribution in [0.3, 0.4) is 0 Å². The van der Waals surface area contributed by atoms with Crippen LogP contribution in [0, 0.1) is 5.41 Å². The third-order valence-corrected chi connectivity index (χ3v) is 3.40. The molecule has 1 heterocycles. The monoisotopic (exact) mass is 285 g/mol. The van der Waals surface area contributed by atoms with Gasteiger partial charge in [0, 0.05) is 30.4 Å². The second-order valence-corrected chi connectivity index (χ2v) is 6.50. The number of nitrogens with zero attached hydrogens (tertiary/aromatic N) is 2. The summed E-state index contributed by atoms with van der Waals surface area (Å²) >= 11 is 5.85. The molecule has 0 aliphatic rings. The van der Waals surface area contributed by atoms with Gasteiger partial charge in [-0.15, -0.1) is 11.6 Å². The minimum atomic E-state index is -0.0821. The van der Waals surface area contributed by atoms with E-state index in [-0.39, 0.29) is 23.1 Å². The van der Waals surface area contributed by atoms with Crippen molar-refractivity contribution in [2.75, 3.05) is 11.2 Å². The van der Waals surface area contributed by atoms with Gasteiger partial charge in [-0.1, -0.05) is 20.8 Å². The topological polar surface area (TPSA) is 46.9 Å². The highest BCUT2D eigenvalue weighted by atomic mass is 35.5. The molecule has 1 aromatic rings. The zero-order valence-corrected chi connectivity index (χ0v) is 13.2. The average Bonchev–Trinajstić information content (AvgIpc) is 2.29. The van der Waals surface area contributed by atoms with Crippen LogP contribution < -0.4 is 10.9 Å². The Morgan fingerprint density at radius 1 is 1.42 bits per heavy atom. The highest BCUT2D eigenvalue weighted by molar-refractivity contribution is 6.17. The van der Waals surface area contributed by atoms with Gasteiger partial charge in [-0.25, -0.2) is 4.98 Å². The van der Waals surface area contributed by atoms with E-state index in [1.165, 1.54) is 0 Å². The van der Waals surface area contributed by atoms with Gasteiger partial charge in [-0.2, -0.15) is 0 Å². The summed E-state index contributed by atoms with van der Waals surface area (Å²) in [5.74, 6) is 0.960. The Morgan fingerprint density at radius 2 is 2.05 bits per heavy atom. The maximum absolute atomic E-state index is 12.3. The Balaban J connectivity index is 3.04. The number of rotatable bonds is 5. The van der Waals surface area contributed by atoms with Crippen molar-refractivity contribution in [1.29, 1.82) is 0 Å². The van der Waals surface area contributed by atoms with Crippen molar-refractivity contribution in [2.45, 2.75) is 53.1 Å². The number of alkyl halides is 1. The molecule has 0 fully saturated rings. The molecule has 5 heteroatoms. The van der Waals surface area contributed by atoms with E-state index in [0.29, 0.717) is 11.7 Å². The second kappa shape index (κ2) is 6.42. The number of hydrogen-bond acceptors (Lipinski definition) is 3. The number of nitrogens with one attached hydrogen (secondary N) is 1. The summed E-state index contributed by atoms with van der Waals surface area (Å²) < 4.78 is 1.68. The van der Waals surface area contributed by atoms with Gasteiger partial charge in [0.15, 0.2) is 5.82 Å². The van der Waals surface area contributed by atoms with Crippen LogP contribution in [0.5, 0.6) is 0 Å². The molecule has 4 nitrogen and oxygen atoms in total. The van der Waals surface area contributed by atoms with Gasteiger partial charge in [-0.3, -0.25) is 4.79 Å². The Morgan fingerprint density at radius 3 is 2.53 bits per heavy atom. The van der Waals surface area contributed by atoms with Crippen molar-refractivity contribution < 1.29 is 0 Å². The van der Waals surface area contributed by atoms with Gasteiger partial charge in [0.25, 0.3) is 5.56 Å². The van der Waals surface area contributed by atoms with Crippen molar-refractivity contribution >= 4 is 17.4 Å². The van der Waals surface area contributed by atoms with Crippen molar-refractivity contribution in [2.24, 2.45) is 5.41 Å². The SMILES string of the molecule is CC(C)n1ccnc(NC(CCCl)C(C)(C)C)c1=O. The smallest absolute Gasteiger partial charge is 0.293 e. The van der Waals surface area contributed by atoms with E-state index in [9.17, 15) is 4.79 Å². The average molecular weight is 286 g/mol. The zero-order chi connectivity index (χ0) is 14.6. The summed E-state index contributed by atoms with van der Waals surface area (Å²) in [4.78, 5) is 16.5. The Kier molecular flexibility index (Phi) is 5.41. The first-order valence-electron chi connectivity index (χ1n) is 6.67. The molecule has 0 saturated heterocycles. The Bertz CT molecular complexity index is 462. The molecular weight excluding hydrogens is 262 g/mol. The highest BCUT2D eigenvalue weighted by Gasteiger charge is 2.25. The predicted molar refractivity (Wildman–Crippen MR) is 81.1 cm³/mol. The van der Waals surface area contributed by atoms with Crippen LogP contribution >= 0.6 is 11.6 Å². The molecule has 1 N–H and O–H groups in total. The fourth-order valence-corrected chi connectivity index (χ4v) is 2.14. The molecule has 0 aromatic carbocycles. The maximum Gasteiger partial charge on any atom is 0.293 e. The lowest BCUT2D eigenvalue weighted by molar-refractivity contribution is 0.333. The van der Waals surface area contributed by atoms with Crippen LogP contribution in [0.1, 0.15) is 47.1 Å². The second-order valence-electron chi connectivity index (χ2n) is 6.12. The van der Waals surface area contributed by atoms with Crippen molar-refractivity contribution in [1.82, 2.24) is 9.55 Å². The van der Waals surface area contributed by atoms with Gasteiger partial charge < -0.3 is 9.88 Å². The predicted octanol–water partition coefficient (Wildman–Crippen LogP) is 3.28. The van der Waals surface area contributed by atoms with E-state index in [2.05, 4.69) is 31.1 Å². The lowest BCUT2D eigenvalue weighted by Crippen LogP contribution is -2.38. The molecule has 0 radical (unpaired) electrons. The molecule has 1 aromatic heterocycles. The van der Waals surface area contributed by atoms with Crippen LogP contribution in [0.15, 0.2) is 17.2 Å². The highest BCUT2D eigenvalue weighted by Crippen LogP contribution is 2.24.